The summed E-state index contributed by atoms with van der Waals surface area (Å²) >= 11 is 0. The Hall–Kier alpha value is -3.40. The molecule has 3 rings (SSSR count). The number of aliphatic hydroxyl groups is 4. The Morgan fingerprint density at radius 1 is 0.833 bits per heavy atom. The summed E-state index contributed by atoms with van der Waals surface area (Å²) in [6.07, 6.45) is -2.56. The van der Waals surface area contributed by atoms with Crippen LogP contribution < -0.4 is 5.73 Å². The van der Waals surface area contributed by atoms with Crippen LogP contribution >= 0.6 is 0 Å². The number of ketones is 1. The van der Waals surface area contributed by atoms with Crippen molar-refractivity contribution in [2.45, 2.75) is 49.9 Å². The van der Waals surface area contributed by atoms with Crippen LogP contribution in [0.1, 0.15) is 52.4 Å². The van der Waals surface area contributed by atoms with E-state index in [4.69, 9.17) is 25.8 Å². The highest BCUT2D eigenvalue weighted by molar-refractivity contribution is 6.00. The maximum absolute atomic E-state index is 13.0. The van der Waals surface area contributed by atoms with Crippen molar-refractivity contribution in [2.75, 3.05) is 0 Å². The van der Waals surface area contributed by atoms with Gasteiger partial charge in [0.05, 0.1) is 0 Å². The Balaban J connectivity index is 1.71. The van der Waals surface area contributed by atoms with Crippen LogP contribution in [0.15, 0.2) is 84.9 Å². The van der Waals surface area contributed by atoms with Crippen molar-refractivity contribution in [3.8, 4) is 0 Å². The zero-order chi connectivity index (χ0) is 26.1. The molecule has 3 aromatic rings. The SMILES string of the molecule is NC(Cc1ccccc1C(=O)C(O)CCCC(O)(O)O)C(=O)OC(c1ccccc1)c1ccccc1. The lowest BCUT2D eigenvalue weighted by atomic mass is 9.94. The number of aliphatic hydroxyl groups excluding tert-OH is 1. The smallest absolute Gasteiger partial charge is 0.324 e. The lowest BCUT2D eigenvalue weighted by Crippen LogP contribution is -2.36. The molecule has 0 saturated heterocycles. The number of Topliss-reactive ketones (excluding diaryl/α,β-unsaturated/α-hetero) is 1. The molecular formula is C28H31NO7. The highest BCUT2D eigenvalue weighted by Crippen LogP contribution is 2.27. The standard InChI is InChI=1S/C28H31NO7/c29-23(27(32)36-26(19-10-3-1-4-11-19)20-12-5-2-6-13-20)18-21-14-7-8-15-22(21)25(31)24(30)16-9-17-28(33,34)35/h1-8,10-15,23-24,26,30,33-35H,9,16-18,29H2. The topological polar surface area (TPSA) is 150 Å². The third-order valence-electron chi connectivity index (χ3n) is 5.76. The summed E-state index contributed by atoms with van der Waals surface area (Å²) in [5.74, 6) is -4.08. The fourth-order valence-electron chi connectivity index (χ4n) is 3.89. The van der Waals surface area contributed by atoms with Crippen LogP contribution in [0.3, 0.4) is 0 Å². The normalized spacial score (nSPS) is 13.3. The number of carbonyl (C=O) groups excluding carboxylic acids is 2. The van der Waals surface area contributed by atoms with Crippen LogP contribution in [0.2, 0.25) is 0 Å². The van der Waals surface area contributed by atoms with E-state index in [2.05, 4.69) is 0 Å². The molecule has 0 aliphatic rings. The van der Waals surface area contributed by atoms with Gasteiger partial charge in [-0.05, 0) is 36.0 Å². The molecule has 0 saturated carbocycles. The monoisotopic (exact) mass is 493 g/mol. The largest absolute Gasteiger partial charge is 0.451 e. The van der Waals surface area contributed by atoms with Crippen molar-refractivity contribution >= 4 is 11.8 Å². The molecule has 8 nitrogen and oxygen atoms in total. The van der Waals surface area contributed by atoms with Gasteiger partial charge in [0.1, 0.15) is 12.1 Å². The first-order valence-corrected chi connectivity index (χ1v) is 11.7. The van der Waals surface area contributed by atoms with Crippen LogP contribution in [-0.2, 0) is 16.0 Å². The van der Waals surface area contributed by atoms with E-state index in [0.717, 1.165) is 11.1 Å². The molecule has 2 atom stereocenters. The Labute approximate surface area is 209 Å². The first-order chi connectivity index (χ1) is 17.2. The number of esters is 1. The van der Waals surface area contributed by atoms with E-state index in [0.29, 0.717) is 5.56 Å². The average molecular weight is 494 g/mol. The van der Waals surface area contributed by atoms with Gasteiger partial charge >= 0.3 is 5.97 Å². The van der Waals surface area contributed by atoms with Crippen molar-refractivity contribution < 1.29 is 34.8 Å². The molecule has 2 unspecified atom stereocenters. The lowest BCUT2D eigenvalue weighted by Gasteiger charge is -2.22. The minimum atomic E-state index is -2.86. The van der Waals surface area contributed by atoms with Gasteiger partial charge in [0, 0.05) is 12.0 Å². The van der Waals surface area contributed by atoms with E-state index in [1.807, 2.05) is 60.7 Å². The molecule has 0 aliphatic carbocycles. The molecule has 36 heavy (non-hydrogen) atoms. The maximum atomic E-state index is 13.0. The Morgan fingerprint density at radius 3 is 1.92 bits per heavy atom. The summed E-state index contributed by atoms with van der Waals surface area (Å²) in [5.41, 5.74) is 8.46. The van der Waals surface area contributed by atoms with E-state index in [1.54, 1.807) is 18.2 Å². The average Bonchev–Trinajstić information content (AvgIpc) is 2.87. The second kappa shape index (κ2) is 12.5. The molecule has 8 heteroatoms. The third-order valence-corrected chi connectivity index (χ3v) is 5.76. The molecule has 0 aliphatic heterocycles. The van der Waals surface area contributed by atoms with Crippen LogP contribution in [0.5, 0.6) is 0 Å². The van der Waals surface area contributed by atoms with Gasteiger partial charge in [-0.15, -0.1) is 0 Å². The molecule has 0 bridgehead atoms. The molecule has 190 valence electrons. The fourth-order valence-corrected chi connectivity index (χ4v) is 3.89. The van der Waals surface area contributed by atoms with Gasteiger partial charge in [0.25, 0.3) is 5.97 Å². The minimum absolute atomic E-state index is 0.00474. The molecule has 0 fully saturated rings. The second-order valence-electron chi connectivity index (χ2n) is 8.65. The summed E-state index contributed by atoms with van der Waals surface area (Å²) in [5, 5.41) is 37.2. The van der Waals surface area contributed by atoms with Gasteiger partial charge in [-0.1, -0.05) is 84.9 Å². The van der Waals surface area contributed by atoms with E-state index in [1.165, 1.54) is 6.07 Å². The number of hydrogen-bond acceptors (Lipinski definition) is 8. The number of benzene rings is 3. The van der Waals surface area contributed by atoms with E-state index in [9.17, 15) is 14.7 Å². The van der Waals surface area contributed by atoms with Gasteiger partial charge < -0.3 is 30.9 Å². The first kappa shape index (κ1) is 27.2. The van der Waals surface area contributed by atoms with Crippen molar-refractivity contribution in [3.05, 3.63) is 107 Å². The van der Waals surface area contributed by atoms with Gasteiger partial charge in [0.2, 0.25) is 0 Å². The van der Waals surface area contributed by atoms with E-state index in [-0.39, 0.29) is 24.8 Å². The van der Waals surface area contributed by atoms with Gasteiger partial charge in [-0.25, -0.2) is 0 Å². The van der Waals surface area contributed by atoms with Crippen molar-refractivity contribution in [2.24, 2.45) is 5.73 Å². The Bertz CT molecular complexity index is 1090. The maximum Gasteiger partial charge on any atom is 0.324 e. The predicted octanol–water partition coefficient (Wildman–Crippen LogP) is 2.23. The summed E-state index contributed by atoms with van der Waals surface area (Å²) in [6, 6.07) is 24.1. The van der Waals surface area contributed by atoms with Crippen LogP contribution in [-0.4, -0.2) is 50.3 Å². The molecule has 0 radical (unpaired) electrons. The van der Waals surface area contributed by atoms with Crippen molar-refractivity contribution in [3.63, 3.8) is 0 Å². The zero-order valence-electron chi connectivity index (χ0n) is 19.7. The van der Waals surface area contributed by atoms with E-state index < -0.39 is 42.4 Å². The Morgan fingerprint density at radius 2 is 1.36 bits per heavy atom. The lowest BCUT2D eigenvalue weighted by molar-refractivity contribution is -0.315. The second-order valence-corrected chi connectivity index (χ2v) is 8.65. The Kier molecular flexibility index (Phi) is 9.46. The number of rotatable bonds is 12. The van der Waals surface area contributed by atoms with Crippen molar-refractivity contribution in [1.29, 1.82) is 0 Å². The van der Waals surface area contributed by atoms with E-state index >= 15 is 0 Å². The molecule has 0 aromatic heterocycles. The molecule has 0 spiro atoms. The van der Waals surface area contributed by atoms with Crippen LogP contribution in [0.4, 0.5) is 0 Å². The summed E-state index contributed by atoms with van der Waals surface area (Å²) in [6.45, 7) is 0. The number of carbonyl (C=O) groups is 2. The number of hydrogen-bond donors (Lipinski definition) is 5. The third kappa shape index (κ3) is 7.81. The summed E-state index contributed by atoms with van der Waals surface area (Å²) in [4.78, 5) is 25.8. The van der Waals surface area contributed by atoms with Gasteiger partial charge in [-0.3, -0.25) is 9.59 Å². The van der Waals surface area contributed by atoms with Crippen molar-refractivity contribution in [1.82, 2.24) is 0 Å². The summed E-state index contributed by atoms with van der Waals surface area (Å²) < 4.78 is 5.82. The molecule has 0 heterocycles. The number of ether oxygens (including phenoxy) is 1. The molecular weight excluding hydrogens is 462 g/mol. The van der Waals surface area contributed by atoms with Gasteiger partial charge in [0.15, 0.2) is 11.9 Å². The quantitative estimate of drug-likeness (QED) is 0.146. The van der Waals surface area contributed by atoms with Gasteiger partial charge in [-0.2, -0.15) is 0 Å². The van der Waals surface area contributed by atoms with Crippen LogP contribution in [0, 0.1) is 0 Å². The molecule has 3 aromatic carbocycles. The number of nitrogens with two attached hydrogens (primary N) is 1. The first-order valence-electron chi connectivity index (χ1n) is 11.7. The minimum Gasteiger partial charge on any atom is -0.451 e. The zero-order valence-corrected chi connectivity index (χ0v) is 19.7. The highest BCUT2D eigenvalue weighted by atomic mass is 16.7. The molecule has 0 amide bonds. The molecule has 6 N–H and O–H groups in total. The highest BCUT2D eigenvalue weighted by Gasteiger charge is 2.27. The predicted molar refractivity (Wildman–Crippen MR) is 133 cm³/mol. The van der Waals surface area contributed by atoms with Crippen LogP contribution in [0.25, 0.3) is 0 Å². The summed E-state index contributed by atoms with van der Waals surface area (Å²) in [7, 11) is 0. The fraction of sp³-hybridized carbons (Fsp3) is 0.286.